The third-order valence-electron chi connectivity index (χ3n) is 3.38. The van der Waals surface area contributed by atoms with Crippen LogP contribution in [0.15, 0.2) is 22.6 Å². The quantitative estimate of drug-likeness (QED) is 0.720. The topological polar surface area (TPSA) is 133 Å². The molecule has 25 heavy (non-hydrogen) atoms. The van der Waals surface area contributed by atoms with Crippen molar-refractivity contribution in [2.24, 2.45) is 11.7 Å². The van der Waals surface area contributed by atoms with Gasteiger partial charge in [-0.25, -0.2) is 9.78 Å². The lowest BCUT2D eigenvalue weighted by atomic mass is 10.1. The molecule has 134 valence electrons. The summed E-state index contributed by atoms with van der Waals surface area (Å²) in [6.45, 7) is 3.40. The fourth-order valence-corrected chi connectivity index (χ4v) is 2.87. The maximum absolute atomic E-state index is 12.2. The van der Waals surface area contributed by atoms with Crippen LogP contribution in [0.25, 0.3) is 10.2 Å². The predicted octanol–water partition coefficient (Wildman–Crippen LogP) is 0.611. The van der Waals surface area contributed by atoms with Crippen LogP contribution in [0.3, 0.4) is 0 Å². The smallest absolute Gasteiger partial charge is 0.318 e. The van der Waals surface area contributed by atoms with Gasteiger partial charge in [-0.15, -0.1) is 11.3 Å². The van der Waals surface area contributed by atoms with E-state index in [1.807, 2.05) is 5.32 Å². The number of amides is 3. The molecule has 10 heteroatoms. The average molecular weight is 366 g/mol. The third kappa shape index (κ3) is 4.63. The van der Waals surface area contributed by atoms with Crippen LogP contribution in [0.4, 0.5) is 4.79 Å². The lowest BCUT2D eigenvalue weighted by Crippen LogP contribution is -2.45. The highest BCUT2D eigenvalue weighted by molar-refractivity contribution is 7.16. The zero-order valence-electron chi connectivity index (χ0n) is 13.7. The van der Waals surface area contributed by atoms with Gasteiger partial charge in [0.15, 0.2) is 6.10 Å². The molecular weight excluding hydrogens is 348 g/mol. The summed E-state index contributed by atoms with van der Waals surface area (Å²) in [5.41, 5.74) is 4.65. The first-order valence-electron chi connectivity index (χ1n) is 7.52. The number of carbonyl (C=O) groups excluding carboxylic acids is 3. The van der Waals surface area contributed by atoms with E-state index in [2.05, 4.69) is 4.98 Å². The van der Waals surface area contributed by atoms with Crippen molar-refractivity contribution >= 4 is 39.5 Å². The minimum absolute atomic E-state index is 0.0682. The van der Waals surface area contributed by atoms with Gasteiger partial charge in [-0.2, -0.15) is 0 Å². The Labute approximate surface area is 146 Å². The number of nitrogens with two attached hydrogens (primary N) is 1. The highest BCUT2D eigenvalue weighted by Crippen LogP contribution is 2.13. The Morgan fingerprint density at radius 3 is 2.76 bits per heavy atom. The summed E-state index contributed by atoms with van der Waals surface area (Å²) < 4.78 is 6.43. The highest BCUT2D eigenvalue weighted by Gasteiger charge is 2.27. The number of esters is 1. The van der Waals surface area contributed by atoms with Gasteiger partial charge in [0.05, 0.1) is 18.1 Å². The van der Waals surface area contributed by atoms with Gasteiger partial charge in [0.2, 0.25) is 0 Å². The standard InChI is InChI=1S/C15H18N4O5S/c1-8(2)11(12(21)18-15(16)23)24-10(20)3-5-19-7-17-13-9(14(19)22)4-6-25-13/h4,6-8,11H,3,5H2,1-2H3,(H3,16,18,21,23). The largest absolute Gasteiger partial charge is 0.452 e. The fraction of sp³-hybridized carbons (Fsp3) is 0.400. The number of imide groups is 1. The number of ether oxygens (including phenoxy) is 1. The van der Waals surface area contributed by atoms with Crippen molar-refractivity contribution in [3.05, 3.63) is 28.1 Å². The first-order chi connectivity index (χ1) is 11.8. The third-order valence-corrected chi connectivity index (χ3v) is 4.20. The molecule has 0 aliphatic heterocycles. The Hall–Kier alpha value is -2.75. The molecule has 2 rings (SSSR count). The van der Waals surface area contributed by atoms with E-state index < -0.39 is 24.0 Å². The average Bonchev–Trinajstić information content (AvgIpc) is 3.00. The number of rotatable bonds is 6. The van der Waals surface area contributed by atoms with Crippen LogP contribution in [0.2, 0.25) is 0 Å². The van der Waals surface area contributed by atoms with Crippen LogP contribution >= 0.6 is 11.3 Å². The number of carbonyl (C=O) groups is 3. The molecule has 0 aliphatic rings. The molecule has 2 heterocycles. The number of fused-ring (bicyclic) bond motifs is 1. The van der Waals surface area contributed by atoms with Crippen LogP contribution in [-0.4, -0.2) is 33.6 Å². The predicted molar refractivity (Wildman–Crippen MR) is 90.9 cm³/mol. The van der Waals surface area contributed by atoms with E-state index in [9.17, 15) is 19.2 Å². The van der Waals surface area contributed by atoms with Crippen LogP contribution in [0.5, 0.6) is 0 Å². The Morgan fingerprint density at radius 2 is 2.12 bits per heavy atom. The number of aryl methyl sites for hydroxylation is 1. The minimum Gasteiger partial charge on any atom is -0.452 e. The first-order valence-corrected chi connectivity index (χ1v) is 8.40. The van der Waals surface area contributed by atoms with Crippen molar-refractivity contribution in [2.75, 3.05) is 0 Å². The van der Waals surface area contributed by atoms with Crippen LogP contribution in [-0.2, 0) is 20.9 Å². The number of nitrogens with one attached hydrogen (secondary N) is 1. The van der Waals surface area contributed by atoms with Gasteiger partial charge in [-0.3, -0.25) is 24.3 Å². The molecule has 3 N–H and O–H groups in total. The number of aromatic nitrogens is 2. The first kappa shape index (κ1) is 18.6. The van der Waals surface area contributed by atoms with Crippen molar-refractivity contribution in [3.8, 4) is 0 Å². The summed E-state index contributed by atoms with van der Waals surface area (Å²) in [6, 6.07) is 0.654. The van der Waals surface area contributed by atoms with Crippen LogP contribution in [0, 0.1) is 5.92 Å². The van der Waals surface area contributed by atoms with Gasteiger partial charge in [-0.1, -0.05) is 13.8 Å². The second-order valence-corrected chi connectivity index (χ2v) is 6.54. The van der Waals surface area contributed by atoms with Gasteiger partial charge in [0.1, 0.15) is 4.83 Å². The number of hydrogen-bond acceptors (Lipinski definition) is 7. The molecule has 0 saturated heterocycles. The summed E-state index contributed by atoms with van der Waals surface area (Å²) in [5, 5.41) is 4.14. The molecule has 3 amide bonds. The molecule has 0 spiro atoms. The molecule has 0 saturated carbocycles. The zero-order chi connectivity index (χ0) is 18.6. The summed E-state index contributed by atoms with van der Waals surface area (Å²) in [6.07, 6.45) is 0.104. The summed E-state index contributed by atoms with van der Waals surface area (Å²) >= 11 is 1.36. The van der Waals surface area contributed by atoms with Crippen molar-refractivity contribution in [1.82, 2.24) is 14.9 Å². The summed E-state index contributed by atoms with van der Waals surface area (Å²) in [4.78, 5) is 51.6. The van der Waals surface area contributed by atoms with Gasteiger partial charge >= 0.3 is 12.0 Å². The summed E-state index contributed by atoms with van der Waals surface area (Å²) in [7, 11) is 0. The zero-order valence-corrected chi connectivity index (χ0v) is 14.5. The van der Waals surface area contributed by atoms with Gasteiger partial charge in [-0.05, 0) is 17.4 Å². The molecule has 1 atom stereocenters. The molecule has 0 bridgehead atoms. The Kier molecular flexibility index (Phi) is 5.86. The van der Waals surface area contributed by atoms with Gasteiger partial charge in [0.25, 0.3) is 11.5 Å². The Morgan fingerprint density at radius 1 is 1.40 bits per heavy atom. The van der Waals surface area contributed by atoms with Crippen molar-refractivity contribution < 1.29 is 19.1 Å². The molecule has 0 radical (unpaired) electrons. The molecule has 0 aromatic carbocycles. The maximum Gasteiger partial charge on any atom is 0.318 e. The maximum atomic E-state index is 12.2. The number of nitrogens with zero attached hydrogens (tertiary/aromatic N) is 2. The number of hydrogen-bond donors (Lipinski definition) is 2. The number of thiophene rings is 1. The lowest BCUT2D eigenvalue weighted by Gasteiger charge is -2.19. The SMILES string of the molecule is CC(C)C(OC(=O)CCn1cnc2sccc2c1=O)C(=O)NC(N)=O. The molecule has 0 aliphatic carbocycles. The van der Waals surface area contributed by atoms with E-state index in [1.165, 1.54) is 22.2 Å². The Balaban J connectivity index is 2.00. The lowest BCUT2D eigenvalue weighted by molar-refractivity contribution is -0.158. The van der Waals surface area contributed by atoms with E-state index in [0.29, 0.717) is 10.2 Å². The molecule has 9 nitrogen and oxygen atoms in total. The second-order valence-electron chi connectivity index (χ2n) is 5.64. The Bertz CT molecular complexity index is 857. The van der Waals surface area contributed by atoms with E-state index >= 15 is 0 Å². The minimum atomic E-state index is -1.14. The van der Waals surface area contributed by atoms with E-state index in [1.54, 1.807) is 25.3 Å². The van der Waals surface area contributed by atoms with Gasteiger partial charge in [0, 0.05) is 6.54 Å². The van der Waals surface area contributed by atoms with Crippen LogP contribution in [0.1, 0.15) is 20.3 Å². The van der Waals surface area contributed by atoms with E-state index in [0.717, 1.165) is 0 Å². The molecule has 2 aromatic rings. The van der Waals surface area contributed by atoms with Crippen LogP contribution < -0.4 is 16.6 Å². The van der Waals surface area contributed by atoms with E-state index in [-0.39, 0.29) is 24.4 Å². The fourth-order valence-electron chi connectivity index (χ4n) is 2.15. The number of primary amides is 1. The highest BCUT2D eigenvalue weighted by atomic mass is 32.1. The molecule has 1 unspecified atom stereocenters. The normalized spacial score (nSPS) is 12.1. The van der Waals surface area contributed by atoms with E-state index in [4.69, 9.17) is 10.5 Å². The molecular formula is C15H18N4O5S. The molecule has 2 aromatic heterocycles. The summed E-state index contributed by atoms with van der Waals surface area (Å²) in [5.74, 6) is -1.81. The number of urea groups is 1. The molecule has 0 fully saturated rings. The van der Waals surface area contributed by atoms with Gasteiger partial charge < -0.3 is 10.5 Å². The second kappa shape index (κ2) is 7.88. The van der Waals surface area contributed by atoms with Crippen molar-refractivity contribution in [1.29, 1.82) is 0 Å². The van der Waals surface area contributed by atoms with Crippen molar-refractivity contribution in [2.45, 2.75) is 32.9 Å². The monoisotopic (exact) mass is 366 g/mol. The van der Waals surface area contributed by atoms with Crippen molar-refractivity contribution in [3.63, 3.8) is 0 Å².